The lowest BCUT2D eigenvalue weighted by molar-refractivity contribution is 0.0964. The molecule has 0 spiro atoms. The van der Waals surface area contributed by atoms with Gasteiger partial charge in [-0.2, -0.15) is 0 Å². The highest BCUT2D eigenvalue weighted by Gasteiger charge is 2.24. The maximum atomic E-state index is 13.1. The molecular formula is C19H14Cl4N4O2. The van der Waals surface area contributed by atoms with Crippen molar-refractivity contribution < 1.29 is 9.59 Å². The highest BCUT2D eigenvalue weighted by Crippen LogP contribution is 2.33. The molecule has 10 heteroatoms. The molecule has 0 saturated carbocycles. The first kappa shape index (κ1) is 21.5. The van der Waals surface area contributed by atoms with Gasteiger partial charge in [-0.1, -0.05) is 46.4 Å². The van der Waals surface area contributed by atoms with Gasteiger partial charge in [0, 0.05) is 18.3 Å². The molecule has 0 saturated heterocycles. The smallest absolute Gasteiger partial charge is 0.272 e. The predicted molar refractivity (Wildman–Crippen MR) is 116 cm³/mol. The molecule has 0 aliphatic heterocycles. The molecule has 0 unspecified atom stereocenters. The minimum absolute atomic E-state index is 0.0803. The second-order valence-electron chi connectivity index (χ2n) is 5.99. The summed E-state index contributed by atoms with van der Waals surface area (Å²) < 4.78 is 1.34. The number of carbonyl (C=O) groups excluding carboxylic acids is 2. The molecule has 2 amide bonds. The number of amides is 2. The zero-order valence-corrected chi connectivity index (χ0v) is 18.2. The molecule has 150 valence electrons. The Labute approximate surface area is 186 Å². The van der Waals surface area contributed by atoms with Gasteiger partial charge in [-0.25, -0.2) is 4.98 Å². The first-order valence-corrected chi connectivity index (χ1v) is 9.77. The highest BCUT2D eigenvalue weighted by atomic mass is 35.5. The molecule has 0 aliphatic carbocycles. The second-order valence-corrected chi connectivity index (χ2v) is 7.60. The Balaban J connectivity index is 2.10. The molecule has 3 rings (SSSR count). The number of hydrogen-bond acceptors (Lipinski definition) is 3. The molecule has 0 radical (unpaired) electrons. The minimum atomic E-state index is -0.559. The average molecular weight is 472 g/mol. The van der Waals surface area contributed by atoms with Gasteiger partial charge in [0.2, 0.25) is 0 Å². The number of aromatic nitrogens is 2. The number of anilines is 1. The molecule has 2 aromatic heterocycles. The number of rotatable bonds is 4. The molecule has 0 fully saturated rings. The largest absolute Gasteiger partial charge is 0.355 e. The summed E-state index contributed by atoms with van der Waals surface area (Å²) in [6, 6.07) is 7.77. The summed E-state index contributed by atoms with van der Waals surface area (Å²) >= 11 is 24.7. The maximum absolute atomic E-state index is 13.1. The summed E-state index contributed by atoms with van der Waals surface area (Å²) in [6.07, 6.45) is 1.51. The Hall–Kier alpha value is -2.25. The molecule has 2 N–H and O–H groups in total. The van der Waals surface area contributed by atoms with Crippen molar-refractivity contribution in [2.45, 2.75) is 6.92 Å². The van der Waals surface area contributed by atoms with E-state index < -0.39 is 11.8 Å². The standard InChI is InChI=1S/C19H14Cl4N4O2/c1-9-6-10(20)7-11(18(28)24-2)15(9)26-19(29)14-8-13(22)16(23)27(14)17-12(21)4-3-5-25-17/h3-8H,1-2H3,(H,24,28)(H,26,29). The Morgan fingerprint density at radius 3 is 2.41 bits per heavy atom. The fraction of sp³-hybridized carbons (Fsp3) is 0.105. The van der Waals surface area contributed by atoms with Crippen LogP contribution in [0.5, 0.6) is 0 Å². The third kappa shape index (κ3) is 4.21. The normalized spacial score (nSPS) is 10.7. The Morgan fingerprint density at radius 1 is 1.03 bits per heavy atom. The van der Waals surface area contributed by atoms with Crippen LogP contribution >= 0.6 is 46.4 Å². The van der Waals surface area contributed by atoms with Gasteiger partial charge in [0.1, 0.15) is 10.8 Å². The topological polar surface area (TPSA) is 76.0 Å². The second kappa shape index (κ2) is 8.63. The van der Waals surface area contributed by atoms with E-state index in [9.17, 15) is 9.59 Å². The molecule has 6 nitrogen and oxygen atoms in total. The van der Waals surface area contributed by atoms with Gasteiger partial charge in [0.25, 0.3) is 11.8 Å². The third-order valence-electron chi connectivity index (χ3n) is 4.09. The van der Waals surface area contributed by atoms with Crippen molar-refractivity contribution in [2.75, 3.05) is 12.4 Å². The Morgan fingerprint density at radius 2 is 1.76 bits per heavy atom. The van der Waals surface area contributed by atoms with E-state index in [2.05, 4.69) is 15.6 Å². The first-order chi connectivity index (χ1) is 13.7. The van der Waals surface area contributed by atoms with Gasteiger partial charge in [0.15, 0.2) is 5.82 Å². The monoisotopic (exact) mass is 470 g/mol. The van der Waals surface area contributed by atoms with Crippen molar-refractivity contribution in [3.63, 3.8) is 0 Å². The fourth-order valence-corrected chi connectivity index (χ4v) is 3.67. The van der Waals surface area contributed by atoms with E-state index in [0.29, 0.717) is 16.3 Å². The fourth-order valence-electron chi connectivity index (χ4n) is 2.77. The minimum Gasteiger partial charge on any atom is -0.355 e. The SMILES string of the molecule is CNC(=O)c1cc(Cl)cc(C)c1NC(=O)c1cc(Cl)c(Cl)n1-c1ncccc1Cl. The van der Waals surface area contributed by atoms with E-state index in [0.717, 1.165) is 0 Å². The van der Waals surface area contributed by atoms with Crippen LogP contribution in [0.1, 0.15) is 26.4 Å². The van der Waals surface area contributed by atoms with E-state index in [-0.39, 0.29) is 32.3 Å². The van der Waals surface area contributed by atoms with Crippen LogP contribution in [-0.4, -0.2) is 28.4 Å². The van der Waals surface area contributed by atoms with Crippen LogP contribution < -0.4 is 10.6 Å². The number of aryl methyl sites for hydroxylation is 1. The van der Waals surface area contributed by atoms with Gasteiger partial charge >= 0.3 is 0 Å². The predicted octanol–water partition coefficient (Wildman–Crippen LogP) is 5.41. The van der Waals surface area contributed by atoms with Crippen LogP contribution in [0, 0.1) is 6.92 Å². The van der Waals surface area contributed by atoms with Gasteiger partial charge < -0.3 is 10.6 Å². The zero-order valence-electron chi connectivity index (χ0n) is 15.2. The van der Waals surface area contributed by atoms with Crippen molar-refractivity contribution in [1.82, 2.24) is 14.9 Å². The van der Waals surface area contributed by atoms with Crippen LogP contribution in [0.25, 0.3) is 5.82 Å². The number of pyridine rings is 1. The van der Waals surface area contributed by atoms with Crippen LogP contribution in [0.3, 0.4) is 0 Å². The quantitative estimate of drug-likeness (QED) is 0.534. The van der Waals surface area contributed by atoms with Crippen LogP contribution in [0.2, 0.25) is 20.2 Å². The molecule has 0 bridgehead atoms. The van der Waals surface area contributed by atoms with E-state index >= 15 is 0 Å². The number of benzene rings is 1. The number of hydrogen-bond donors (Lipinski definition) is 2. The van der Waals surface area contributed by atoms with E-state index in [1.807, 2.05) is 0 Å². The van der Waals surface area contributed by atoms with Crippen molar-refractivity contribution in [3.8, 4) is 5.82 Å². The van der Waals surface area contributed by atoms with Gasteiger partial charge in [0.05, 0.1) is 21.3 Å². The van der Waals surface area contributed by atoms with E-state index in [1.54, 1.807) is 25.1 Å². The van der Waals surface area contributed by atoms with Gasteiger partial charge in [-0.15, -0.1) is 0 Å². The molecule has 0 aliphatic rings. The van der Waals surface area contributed by atoms with Crippen molar-refractivity contribution >= 4 is 63.9 Å². The molecule has 29 heavy (non-hydrogen) atoms. The van der Waals surface area contributed by atoms with Crippen molar-refractivity contribution in [2.24, 2.45) is 0 Å². The molecule has 3 aromatic rings. The van der Waals surface area contributed by atoms with Crippen molar-refractivity contribution in [1.29, 1.82) is 0 Å². The third-order valence-corrected chi connectivity index (χ3v) is 5.36. The van der Waals surface area contributed by atoms with E-state index in [1.165, 1.54) is 29.9 Å². The lowest BCUT2D eigenvalue weighted by Gasteiger charge is -2.15. The van der Waals surface area contributed by atoms with Crippen LogP contribution in [0.15, 0.2) is 36.5 Å². The van der Waals surface area contributed by atoms with Crippen LogP contribution in [-0.2, 0) is 0 Å². The van der Waals surface area contributed by atoms with Gasteiger partial charge in [-0.3, -0.25) is 14.2 Å². The molecule has 0 atom stereocenters. The molecule has 2 heterocycles. The summed E-state index contributed by atoms with van der Waals surface area (Å²) in [4.78, 5) is 29.5. The Kier molecular flexibility index (Phi) is 6.39. The number of carbonyl (C=O) groups is 2. The summed E-state index contributed by atoms with van der Waals surface area (Å²) in [6.45, 7) is 1.72. The van der Waals surface area contributed by atoms with Gasteiger partial charge in [-0.05, 0) is 42.8 Å². The highest BCUT2D eigenvalue weighted by molar-refractivity contribution is 6.42. The maximum Gasteiger partial charge on any atom is 0.272 e. The lowest BCUT2D eigenvalue weighted by Crippen LogP contribution is -2.23. The summed E-state index contributed by atoms with van der Waals surface area (Å²) in [5.74, 6) is -0.711. The number of nitrogens with one attached hydrogen (secondary N) is 2. The average Bonchev–Trinajstić information content (AvgIpc) is 2.98. The zero-order chi connectivity index (χ0) is 21.3. The summed E-state index contributed by atoms with van der Waals surface area (Å²) in [7, 11) is 1.48. The number of halogens is 4. The van der Waals surface area contributed by atoms with Crippen LogP contribution in [0.4, 0.5) is 5.69 Å². The van der Waals surface area contributed by atoms with Crippen molar-refractivity contribution in [3.05, 3.63) is 73.6 Å². The summed E-state index contributed by atoms with van der Waals surface area (Å²) in [5, 5.41) is 6.15. The van der Waals surface area contributed by atoms with E-state index in [4.69, 9.17) is 46.4 Å². The number of nitrogens with zero attached hydrogens (tertiary/aromatic N) is 2. The lowest BCUT2D eigenvalue weighted by atomic mass is 10.1. The molecular weight excluding hydrogens is 458 g/mol. The Bertz CT molecular complexity index is 1130. The summed E-state index contributed by atoms with van der Waals surface area (Å²) in [5.41, 5.74) is 1.23. The molecule has 1 aromatic carbocycles. The first-order valence-electron chi connectivity index (χ1n) is 8.25.